The second-order valence-corrected chi connectivity index (χ2v) is 5.20. The van der Waals surface area contributed by atoms with Crippen LogP contribution in [0.1, 0.15) is 12.8 Å². The molecule has 23 heavy (non-hydrogen) atoms. The molecule has 0 saturated carbocycles. The molecule has 0 aliphatic carbocycles. The standard InChI is InChI=1S/C16H16N4O3/c21-14-7-6-11(8-17-14)15(22)20-12-9-18-16(19-10-12)23-13-4-2-1-3-5-13/h1-5,9-11H,6-8H2,(H,17,21)(H,20,22). The van der Waals surface area contributed by atoms with E-state index in [1.54, 1.807) is 12.1 Å². The molecular weight excluding hydrogens is 296 g/mol. The molecule has 2 aromatic rings. The molecule has 3 rings (SSSR count). The molecule has 1 aromatic heterocycles. The van der Waals surface area contributed by atoms with Crippen molar-refractivity contribution < 1.29 is 14.3 Å². The summed E-state index contributed by atoms with van der Waals surface area (Å²) in [5.74, 6) is 0.250. The van der Waals surface area contributed by atoms with Crippen molar-refractivity contribution in [3.05, 3.63) is 42.7 Å². The van der Waals surface area contributed by atoms with Crippen LogP contribution in [-0.4, -0.2) is 28.3 Å². The van der Waals surface area contributed by atoms with Crippen LogP contribution < -0.4 is 15.4 Å². The maximum absolute atomic E-state index is 12.1. The SMILES string of the molecule is O=C1CCC(C(=O)Nc2cnc(Oc3ccccc3)nc2)CN1. The van der Waals surface area contributed by atoms with E-state index in [9.17, 15) is 9.59 Å². The molecular formula is C16H16N4O3. The van der Waals surface area contributed by atoms with Crippen molar-refractivity contribution >= 4 is 17.5 Å². The highest BCUT2D eigenvalue weighted by Crippen LogP contribution is 2.18. The van der Waals surface area contributed by atoms with E-state index in [-0.39, 0.29) is 23.7 Å². The minimum Gasteiger partial charge on any atom is -0.424 e. The minimum absolute atomic E-state index is 0.0141. The Labute approximate surface area is 133 Å². The molecule has 2 amide bonds. The average molecular weight is 312 g/mol. The van der Waals surface area contributed by atoms with Crippen LogP contribution in [0.5, 0.6) is 11.8 Å². The van der Waals surface area contributed by atoms with Crippen molar-refractivity contribution in [1.29, 1.82) is 0 Å². The Morgan fingerprint density at radius 1 is 1.22 bits per heavy atom. The highest BCUT2D eigenvalue weighted by Gasteiger charge is 2.24. The summed E-state index contributed by atoms with van der Waals surface area (Å²) >= 11 is 0. The molecule has 1 aromatic carbocycles. The summed E-state index contributed by atoms with van der Waals surface area (Å²) in [7, 11) is 0. The molecule has 1 aliphatic heterocycles. The molecule has 2 N–H and O–H groups in total. The smallest absolute Gasteiger partial charge is 0.322 e. The average Bonchev–Trinajstić information content (AvgIpc) is 2.58. The Morgan fingerprint density at radius 2 is 1.96 bits per heavy atom. The number of piperidine rings is 1. The van der Waals surface area contributed by atoms with Crippen LogP contribution in [0.3, 0.4) is 0 Å². The first-order chi connectivity index (χ1) is 11.2. The summed E-state index contributed by atoms with van der Waals surface area (Å²) in [6.45, 7) is 0.362. The number of carbonyl (C=O) groups is 2. The zero-order chi connectivity index (χ0) is 16.1. The molecule has 0 bridgehead atoms. The van der Waals surface area contributed by atoms with Crippen LogP contribution in [0.25, 0.3) is 0 Å². The number of hydrogen-bond acceptors (Lipinski definition) is 5. The number of ether oxygens (including phenoxy) is 1. The molecule has 1 aliphatic rings. The largest absolute Gasteiger partial charge is 0.424 e. The van der Waals surface area contributed by atoms with Crippen molar-refractivity contribution in [2.24, 2.45) is 5.92 Å². The van der Waals surface area contributed by atoms with Crippen molar-refractivity contribution in [1.82, 2.24) is 15.3 Å². The number of amides is 2. The van der Waals surface area contributed by atoms with E-state index in [1.165, 1.54) is 12.4 Å². The summed E-state index contributed by atoms with van der Waals surface area (Å²) in [4.78, 5) is 31.3. The number of anilines is 1. The van der Waals surface area contributed by atoms with Gasteiger partial charge in [-0.2, -0.15) is 0 Å². The Morgan fingerprint density at radius 3 is 2.61 bits per heavy atom. The molecule has 7 nitrogen and oxygen atoms in total. The number of para-hydroxylation sites is 1. The number of rotatable bonds is 4. The lowest BCUT2D eigenvalue weighted by molar-refractivity contribution is -0.126. The van der Waals surface area contributed by atoms with Crippen LogP contribution in [0, 0.1) is 5.92 Å². The Balaban J connectivity index is 1.57. The number of nitrogens with zero attached hydrogens (tertiary/aromatic N) is 2. The quantitative estimate of drug-likeness (QED) is 0.897. The first kappa shape index (κ1) is 15.0. The third kappa shape index (κ3) is 4.03. The zero-order valence-electron chi connectivity index (χ0n) is 12.4. The van der Waals surface area contributed by atoms with Crippen LogP contribution >= 0.6 is 0 Å². The first-order valence-electron chi connectivity index (χ1n) is 7.33. The Hall–Kier alpha value is -2.96. The lowest BCUT2D eigenvalue weighted by Gasteiger charge is -2.21. The van der Waals surface area contributed by atoms with Gasteiger partial charge in [-0.25, -0.2) is 9.97 Å². The molecule has 1 fully saturated rings. The first-order valence-corrected chi connectivity index (χ1v) is 7.33. The molecule has 1 saturated heterocycles. The van der Waals surface area contributed by atoms with Gasteiger partial charge in [-0.1, -0.05) is 18.2 Å². The normalized spacial score (nSPS) is 17.2. The molecule has 2 heterocycles. The molecule has 118 valence electrons. The summed E-state index contributed by atoms with van der Waals surface area (Å²) < 4.78 is 5.48. The summed E-state index contributed by atoms with van der Waals surface area (Å²) in [6.07, 6.45) is 3.90. The van der Waals surface area contributed by atoms with E-state index >= 15 is 0 Å². The third-order valence-corrected chi connectivity index (χ3v) is 3.48. The second kappa shape index (κ2) is 6.87. The van der Waals surface area contributed by atoms with Gasteiger partial charge in [0.25, 0.3) is 0 Å². The van der Waals surface area contributed by atoms with Gasteiger partial charge >= 0.3 is 6.01 Å². The topological polar surface area (TPSA) is 93.2 Å². The molecule has 7 heteroatoms. The monoisotopic (exact) mass is 312 g/mol. The van der Waals surface area contributed by atoms with Gasteiger partial charge in [0.1, 0.15) is 5.75 Å². The van der Waals surface area contributed by atoms with Crippen LogP contribution in [0.15, 0.2) is 42.7 Å². The van der Waals surface area contributed by atoms with Gasteiger partial charge in [0.2, 0.25) is 11.8 Å². The predicted molar refractivity (Wildman–Crippen MR) is 82.9 cm³/mol. The van der Waals surface area contributed by atoms with Gasteiger partial charge < -0.3 is 15.4 Å². The van der Waals surface area contributed by atoms with Gasteiger partial charge in [-0.3, -0.25) is 9.59 Å². The van der Waals surface area contributed by atoms with Gasteiger partial charge in [-0.05, 0) is 18.6 Å². The summed E-state index contributed by atoms with van der Waals surface area (Å²) in [5.41, 5.74) is 0.493. The maximum atomic E-state index is 12.1. The van der Waals surface area contributed by atoms with E-state index in [4.69, 9.17) is 4.74 Å². The van der Waals surface area contributed by atoms with Gasteiger partial charge in [0.15, 0.2) is 0 Å². The fourth-order valence-electron chi connectivity index (χ4n) is 2.23. The fraction of sp³-hybridized carbons (Fsp3) is 0.250. The number of nitrogens with one attached hydrogen (secondary N) is 2. The fourth-order valence-corrected chi connectivity index (χ4v) is 2.23. The van der Waals surface area contributed by atoms with E-state index in [1.807, 2.05) is 18.2 Å². The van der Waals surface area contributed by atoms with E-state index < -0.39 is 0 Å². The Bertz CT molecular complexity index is 678. The van der Waals surface area contributed by atoms with E-state index in [0.717, 1.165) is 0 Å². The van der Waals surface area contributed by atoms with Crippen molar-refractivity contribution in [3.63, 3.8) is 0 Å². The van der Waals surface area contributed by atoms with Crippen molar-refractivity contribution in [2.45, 2.75) is 12.8 Å². The molecule has 1 unspecified atom stereocenters. The zero-order valence-corrected chi connectivity index (χ0v) is 12.4. The summed E-state index contributed by atoms with van der Waals surface area (Å²) in [6, 6.07) is 9.41. The number of benzene rings is 1. The van der Waals surface area contributed by atoms with Crippen LogP contribution in [0.4, 0.5) is 5.69 Å². The number of aromatic nitrogens is 2. The van der Waals surface area contributed by atoms with Gasteiger partial charge in [0.05, 0.1) is 24.0 Å². The van der Waals surface area contributed by atoms with E-state index in [2.05, 4.69) is 20.6 Å². The lowest BCUT2D eigenvalue weighted by Crippen LogP contribution is -2.40. The number of carbonyl (C=O) groups excluding carboxylic acids is 2. The van der Waals surface area contributed by atoms with Crippen molar-refractivity contribution in [2.75, 3.05) is 11.9 Å². The Kier molecular flexibility index (Phi) is 4.46. The van der Waals surface area contributed by atoms with Crippen LogP contribution in [0.2, 0.25) is 0 Å². The lowest BCUT2D eigenvalue weighted by atomic mass is 9.98. The third-order valence-electron chi connectivity index (χ3n) is 3.48. The molecule has 0 spiro atoms. The minimum atomic E-state index is -0.229. The van der Waals surface area contributed by atoms with E-state index in [0.29, 0.717) is 30.8 Å². The highest BCUT2D eigenvalue weighted by atomic mass is 16.5. The highest BCUT2D eigenvalue weighted by molar-refractivity contribution is 5.93. The maximum Gasteiger partial charge on any atom is 0.322 e. The molecule has 1 atom stereocenters. The summed E-state index contributed by atoms with van der Waals surface area (Å²) in [5, 5.41) is 5.43. The van der Waals surface area contributed by atoms with Gasteiger partial charge in [0, 0.05) is 13.0 Å². The molecule has 0 radical (unpaired) electrons. The second-order valence-electron chi connectivity index (χ2n) is 5.20. The van der Waals surface area contributed by atoms with Gasteiger partial charge in [-0.15, -0.1) is 0 Å². The number of hydrogen-bond donors (Lipinski definition) is 2. The predicted octanol–water partition coefficient (Wildman–Crippen LogP) is 1.73. The van der Waals surface area contributed by atoms with Crippen molar-refractivity contribution in [3.8, 4) is 11.8 Å². The van der Waals surface area contributed by atoms with Crippen LogP contribution in [-0.2, 0) is 9.59 Å².